The highest BCUT2D eigenvalue weighted by Crippen LogP contribution is 2.39. The van der Waals surface area contributed by atoms with Crippen molar-refractivity contribution in [1.29, 1.82) is 0 Å². The molecule has 17 heavy (non-hydrogen) atoms. The van der Waals surface area contributed by atoms with Crippen LogP contribution in [0.3, 0.4) is 0 Å². The Hall–Kier alpha value is -1.60. The lowest BCUT2D eigenvalue weighted by Gasteiger charge is -2.08. The van der Waals surface area contributed by atoms with Gasteiger partial charge in [0.2, 0.25) is 6.79 Å². The third kappa shape index (κ3) is 2.40. The summed E-state index contributed by atoms with van der Waals surface area (Å²) in [5.41, 5.74) is 5.30. The van der Waals surface area contributed by atoms with E-state index in [1.807, 2.05) is 0 Å². The molecule has 1 aliphatic rings. The van der Waals surface area contributed by atoms with Crippen LogP contribution in [0, 0.1) is 10.1 Å². The number of nitrogens with zero attached hydrogens (tertiary/aromatic N) is 1. The van der Waals surface area contributed by atoms with Crippen LogP contribution in [0.1, 0.15) is 11.6 Å². The van der Waals surface area contributed by atoms with Gasteiger partial charge in [-0.1, -0.05) is 0 Å². The lowest BCUT2D eigenvalue weighted by Crippen LogP contribution is -2.14. The number of nitro groups is 1. The molecule has 1 aromatic rings. The highest BCUT2D eigenvalue weighted by molar-refractivity contribution is 5.85. The number of hydrogen-bond donors (Lipinski definition) is 1. The number of alkyl halides is 1. The molecule has 6 nitrogen and oxygen atoms in total. The number of rotatable bonds is 3. The topological polar surface area (TPSA) is 87.6 Å². The molecule has 2 N–H and O–H groups in total. The van der Waals surface area contributed by atoms with Crippen molar-refractivity contribution in [3.05, 3.63) is 27.8 Å². The van der Waals surface area contributed by atoms with Gasteiger partial charge in [0.1, 0.15) is 6.67 Å². The maximum absolute atomic E-state index is 12.4. The molecule has 0 bridgehead atoms. The van der Waals surface area contributed by atoms with Crippen molar-refractivity contribution in [2.45, 2.75) is 6.04 Å². The first kappa shape index (κ1) is 13.5. The average molecular weight is 265 g/mol. The number of benzene rings is 1. The van der Waals surface area contributed by atoms with Crippen LogP contribution in [0.4, 0.5) is 10.1 Å². The van der Waals surface area contributed by atoms with E-state index in [0.29, 0.717) is 5.75 Å². The molecule has 0 saturated heterocycles. The molecule has 0 amide bonds. The molecule has 1 atom stereocenters. The Balaban J connectivity index is 0.00000144. The third-order valence-electron chi connectivity index (χ3n) is 2.28. The highest BCUT2D eigenvalue weighted by Gasteiger charge is 2.26. The van der Waals surface area contributed by atoms with Crippen molar-refractivity contribution in [2.75, 3.05) is 13.5 Å². The summed E-state index contributed by atoms with van der Waals surface area (Å²) in [5.74, 6) is 0.631. The van der Waals surface area contributed by atoms with Gasteiger partial charge in [0.05, 0.1) is 22.6 Å². The van der Waals surface area contributed by atoms with Gasteiger partial charge in [-0.3, -0.25) is 10.1 Å². The predicted molar refractivity (Wildman–Crippen MR) is 59.4 cm³/mol. The molecule has 0 aliphatic carbocycles. The summed E-state index contributed by atoms with van der Waals surface area (Å²) in [4.78, 5) is 10.2. The Morgan fingerprint density at radius 3 is 2.59 bits per heavy atom. The third-order valence-corrected chi connectivity index (χ3v) is 2.28. The second-order valence-corrected chi connectivity index (χ2v) is 3.28. The molecule has 2 rings (SSSR count). The smallest absolute Gasteiger partial charge is 0.278 e. The van der Waals surface area contributed by atoms with Gasteiger partial charge < -0.3 is 15.2 Å². The zero-order valence-electron chi connectivity index (χ0n) is 8.59. The van der Waals surface area contributed by atoms with Gasteiger partial charge in [0, 0.05) is 0 Å². The van der Waals surface area contributed by atoms with Crippen LogP contribution in [0.25, 0.3) is 0 Å². The molecule has 0 fully saturated rings. The van der Waals surface area contributed by atoms with Crippen LogP contribution >= 0.6 is 12.4 Å². The van der Waals surface area contributed by atoms with Crippen molar-refractivity contribution in [3.63, 3.8) is 0 Å². The number of halogens is 2. The first-order chi connectivity index (χ1) is 7.63. The van der Waals surface area contributed by atoms with Crippen molar-refractivity contribution >= 4 is 18.1 Å². The molecule has 0 radical (unpaired) electrons. The summed E-state index contributed by atoms with van der Waals surface area (Å²) in [6.07, 6.45) is 0. The molecule has 94 valence electrons. The normalized spacial score (nSPS) is 14.0. The number of hydrogen-bond acceptors (Lipinski definition) is 5. The first-order valence-corrected chi connectivity index (χ1v) is 4.53. The Bertz CT molecular complexity index is 443. The lowest BCUT2D eigenvalue weighted by molar-refractivity contribution is -0.385. The lowest BCUT2D eigenvalue weighted by atomic mass is 10.1. The fraction of sp³-hybridized carbons (Fsp3) is 0.333. The van der Waals surface area contributed by atoms with E-state index in [2.05, 4.69) is 0 Å². The van der Waals surface area contributed by atoms with Gasteiger partial charge in [-0.2, -0.15) is 0 Å². The van der Waals surface area contributed by atoms with Crippen LogP contribution in [-0.2, 0) is 0 Å². The Morgan fingerprint density at radius 2 is 2.06 bits per heavy atom. The summed E-state index contributed by atoms with van der Waals surface area (Å²) < 4.78 is 22.5. The molecule has 8 heteroatoms. The van der Waals surface area contributed by atoms with E-state index >= 15 is 0 Å². The van der Waals surface area contributed by atoms with E-state index in [4.69, 9.17) is 15.2 Å². The van der Waals surface area contributed by atoms with E-state index in [0.717, 1.165) is 0 Å². The summed E-state index contributed by atoms with van der Waals surface area (Å²) in [6.45, 7) is -0.874. The van der Waals surface area contributed by atoms with Crippen molar-refractivity contribution in [3.8, 4) is 11.5 Å². The summed E-state index contributed by atoms with van der Waals surface area (Å²) in [5, 5.41) is 10.8. The summed E-state index contributed by atoms with van der Waals surface area (Å²) in [6, 6.07) is 1.52. The van der Waals surface area contributed by atoms with Crippen LogP contribution < -0.4 is 15.2 Å². The Morgan fingerprint density at radius 1 is 1.47 bits per heavy atom. The SMILES string of the molecule is Cl.N[C@@H](CF)c1cc2c(cc1[N+](=O)[O-])OCO2. The number of nitro benzene ring substituents is 1. The van der Waals surface area contributed by atoms with E-state index in [-0.39, 0.29) is 36.2 Å². The van der Waals surface area contributed by atoms with Crippen molar-refractivity contribution in [2.24, 2.45) is 5.73 Å². The zero-order chi connectivity index (χ0) is 11.7. The molecule has 1 heterocycles. The zero-order valence-corrected chi connectivity index (χ0v) is 9.41. The quantitative estimate of drug-likeness (QED) is 0.663. The summed E-state index contributed by atoms with van der Waals surface area (Å²) in [7, 11) is 0. The van der Waals surface area contributed by atoms with Gasteiger partial charge in [-0.25, -0.2) is 4.39 Å². The minimum Gasteiger partial charge on any atom is -0.454 e. The predicted octanol–water partition coefficient (Wildman–Crippen LogP) is 1.71. The Kier molecular flexibility index (Phi) is 4.08. The van der Waals surface area contributed by atoms with Gasteiger partial charge in [-0.05, 0) is 6.07 Å². The minimum absolute atomic E-state index is 0. The van der Waals surface area contributed by atoms with E-state index in [1.165, 1.54) is 12.1 Å². The Labute approximate surface area is 102 Å². The fourth-order valence-electron chi connectivity index (χ4n) is 1.49. The second kappa shape index (κ2) is 5.15. The molecule has 0 spiro atoms. The average Bonchev–Trinajstić information content (AvgIpc) is 2.73. The van der Waals surface area contributed by atoms with Crippen LogP contribution in [0.15, 0.2) is 12.1 Å². The number of ether oxygens (including phenoxy) is 2. The highest BCUT2D eigenvalue weighted by atomic mass is 35.5. The van der Waals surface area contributed by atoms with E-state index in [1.54, 1.807) is 0 Å². The maximum atomic E-state index is 12.4. The minimum atomic E-state index is -1.03. The fourth-order valence-corrected chi connectivity index (χ4v) is 1.49. The van der Waals surface area contributed by atoms with Gasteiger partial charge in [0.25, 0.3) is 5.69 Å². The first-order valence-electron chi connectivity index (χ1n) is 4.53. The van der Waals surface area contributed by atoms with Crippen molar-refractivity contribution < 1.29 is 18.8 Å². The van der Waals surface area contributed by atoms with Gasteiger partial charge in [-0.15, -0.1) is 12.4 Å². The summed E-state index contributed by atoms with van der Waals surface area (Å²) >= 11 is 0. The molecule has 0 saturated carbocycles. The molecular formula is C9H10ClFN2O4. The molecule has 1 aromatic carbocycles. The van der Waals surface area contributed by atoms with Crippen molar-refractivity contribution in [1.82, 2.24) is 0 Å². The van der Waals surface area contributed by atoms with E-state index in [9.17, 15) is 14.5 Å². The van der Waals surface area contributed by atoms with Crippen LogP contribution in [0.5, 0.6) is 11.5 Å². The monoisotopic (exact) mass is 264 g/mol. The molecule has 0 unspecified atom stereocenters. The molecule has 1 aliphatic heterocycles. The van der Waals surface area contributed by atoms with Gasteiger partial charge >= 0.3 is 0 Å². The second-order valence-electron chi connectivity index (χ2n) is 3.28. The number of fused-ring (bicyclic) bond motifs is 1. The molecular weight excluding hydrogens is 255 g/mol. The van der Waals surface area contributed by atoms with Gasteiger partial charge in [0.15, 0.2) is 11.5 Å². The molecule has 0 aromatic heterocycles. The van der Waals surface area contributed by atoms with E-state index < -0.39 is 17.6 Å². The standard InChI is InChI=1S/C9H9FN2O4.ClH/c10-3-6(11)5-1-8-9(16-4-15-8)2-7(5)12(13)14;/h1-2,6H,3-4,11H2;1H/t6-;/m0./s1. The van der Waals surface area contributed by atoms with Crippen LogP contribution in [0.2, 0.25) is 0 Å². The number of nitrogens with two attached hydrogens (primary N) is 1. The largest absolute Gasteiger partial charge is 0.454 e. The maximum Gasteiger partial charge on any atom is 0.278 e. The van der Waals surface area contributed by atoms with Crippen LogP contribution in [-0.4, -0.2) is 18.4 Å².